The van der Waals surface area contributed by atoms with Crippen LogP contribution in [0.2, 0.25) is 0 Å². The number of hydrogen-bond donors (Lipinski definition) is 0. The third kappa shape index (κ3) is 25.1. The van der Waals surface area contributed by atoms with Gasteiger partial charge in [0.15, 0.2) is 0 Å². The summed E-state index contributed by atoms with van der Waals surface area (Å²) in [5, 5.41) is 0. The average Bonchev–Trinajstić information content (AvgIpc) is 3.10. The van der Waals surface area contributed by atoms with E-state index in [1.54, 1.807) is 0 Å². The zero-order valence-electron chi connectivity index (χ0n) is 33.3. The van der Waals surface area contributed by atoms with Gasteiger partial charge in [-0.2, -0.15) is 0 Å². The van der Waals surface area contributed by atoms with Gasteiger partial charge in [-0.05, 0) is 88.8 Å². The van der Waals surface area contributed by atoms with E-state index < -0.39 is 0 Å². The number of nitrogens with zero attached hydrogens (tertiary/aromatic N) is 1. The second kappa shape index (κ2) is 32.1. The molecule has 0 spiro atoms. The Morgan fingerprint density at radius 3 is 1.65 bits per heavy atom. The summed E-state index contributed by atoms with van der Waals surface area (Å²) in [5.41, 5.74) is 9.93. The van der Waals surface area contributed by atoms with Crippen molar-refractivity contribution >= 4 is 17.9 Å². The van der Waals surface area contributed by atoms with Crippen molar-refractivity contribution in [2.75, 3.05) is 40.5 Å². The Bertz CT molecular complexity index is 998. The summed E-state index contributed by atoms with van der Waals surface area (Å²) in [6, 6.07) is 0. The van der Waals surface area contributed by atoms with Gasteiger partial charge in [0.05, 0.1) is 38.6 Å². The molecule has 7 heteroatoms. The molecule has 0 aromatic heterocycles. The van der Waals surface area contributed by atoms with Gasteiger partial charge >= 0.3 is 17.9 Å². The van der Waals surface area contributed by atoms with Crippen LogP contribution in [0, 0.1) is 17.8 Å². The first kappa shape index (κ1) is 46.5. The molecule has 0 N–H and O–H groups in total. The Morgan fingerprint density at radius 2 is 1.20 bits per heavy atom. The molecule has 292 valence electrons. The van der Waals surface area contributed by atoms with Gasteiger partial charge < -0.3 is 19.1 Å². The third-order valence-electron chi connectivity index (χ3n) is 10.1. The normalized spacial score (nSPS) is 21.8. The average molecular weight is 714 g/mol. The molecule has 7 nitrogen and oxygen atoms in total. The number of hydrogen-bond acceptors (Lipinski definition) is 7. The second-order valence-electron chi connectivity index (χ2n) is 15.0. The molecule has 0 saturated carbocycles. The highest BCUT2D eigenvalue weighted by molar-refractivity contribution is 5.72. The molecular formula is C44H75NO6. The number of carbonyl (C=O) groups excluding carboxylic acids is 3. The van der Waals surface area contributed by atoms with Crippen molar-refractivity contribution in [3.63, 3.8) is 0 Å². The summed E-state index contributed by atoms with van der Waals surface area (Å²) in [6.45, 7) is 10.3. The van der Waals surface area contributed by atoms with Crippen LogP contribution in [0.4, 0.5) is 0 Å². The first-order valence-electron chi connectivity index (χ1n) is 20.8. The van der Waals surface area contributed by atoms with Crippen molar-refractivity contribution in [1.82, 2.24) is 4.90 Å². The molecule has 1 heterocycles. The van der Waals surface area contributed by atoms with Crippen LogP contribution in [-0.2, 0) is 28.6 Å². The van der Waals surface area contributed by atoms with E-state index in [1.807, 2.05) is 14.1 Å². The van der Waals surface area contributed by atoms with E-state index in [-0.39, 0.29) is 48.5 Å². The van der Waals surface area contributed by atoms with E-state index in [0.29, 0.717) is 19.8 Å². The van der Waals surface area contributed by atoms with E-state index in [0.717, 1.165) is 160 Å². The summed E-state index contributed by atoms with van der Waals surface area (Å²) in [5.74, 6) is -0.550. The van der Waals surface area contributed by atoms with Crippen LogP contribution in [0.1, 0.15) is 174 Å². The molecule has 1 rings (SSSR count). The summed E-state index contributed by atoms with van der Waals surface area (Å²) in [4.78, 5) is 41.5. The van der Waals surface area contributed by atoms with Gasteiger partial charge in [-0.1, -0.05) is 128 Å². The van der Waals surface area contributed by atoms with Gasteiger partial charge in [-0.25, -0.2) is 0 Å². The zero-order chi connectivity index (χ0) is 37.4. The number of unbranched alkanes of at least 4 members (excludes halogenated alkanes) is 4. The highest BCUT2D eigenvalue weighted by Gasteiger charge is 2.28. The lowest BCUT2D eigenvalue weighted by molar-refractivity contribution is -0.149. The maximum atomic E-state index is 13.2. The Hall–Kier alpha value is -2.55. The Morgan fingerprint density at radius 1 is 0.725 bits per heavy atom. The van der Waals surface area contributed by atoms with Gasteiger partial charge in [0.25, 0.3) is 0 Å². The minimum Gasteiger partial charge on any atom is -0.466 e. The first-order valence-corrected chi connectivity index (χ1v) is 20.8. The van der Waals surface area contributed by atoms with Crippen molar-refractivity contribution in [2.24, 2.45) is 17.8 Å². The monoisotopic (exact) mass is 714 g/mol. The number of esters is 3. The number of rotatable bonds is 13. The minimum absolute atomic E-state index is 0.0167. The van der Waals surface area contributed by atoms with E-state index in [4.69, 9.17) is 14.2 Å². The number of carbonyl (C=O) groups is 3. The predicted octanol–water partition coefficient (Wildman–Crippen LogP) is 10.9. The largest absolute Gasteiger partial charge is 0.466 e. The van der Waals surface area contributed by atoms with E-state index in [2.05, 4.69) is 42.5 Å². The van der Waals surface area contributed by atoms with E-state index in [9.17, 15) is 14.4 Å². The van der Waals surface area contributed by atoms with Crippen LogP contribution in [0.3, 0.4) is 0 Å². The topological polar surface area (TPSA) is 82.1 Å². The Kier molecular flexibility index (Phi) is 29.3. The predicted molar refractivity (Wildman–Crippen MR) is 208 cm³/mol. The van der Waals surface area contributed by atoms with E-state index in [1.165, 1.54) is 0 Å². The number of allylic oxidation sites excluding steroid dienone is 1. The summed E-state index contributed by atoms with van der Waals surface area (Å²) >= 11 is 0. The SMILES string of the molecule is C=C=C=C=C1C(CCCCC)CC(=O)OCCCCCCCCC(C(=O)OCCCN(C)C)CCCCCCCCOC(=O)CC1CCCCC. The maximum absolute atomic E-state index is 13.2. The van der Waals surface area contributed by atoms with Crippen molar-refractivity contribution in [1.29, 1.82) is 0 Å². The molecular weight excluding hydrogens is 638 g/mol. The van der Waals surface area contributed by atoms with Crippen molar-refractivity contribution in [2.45, 2.75) is 174 Å². The van der Waals surface area contributed by atoms with Crippen molar-refractivity contribution in [3.05, 3.63) is 29.3 Å². The molecule has 51 heavy (non-hydrogen) atoms. The van der Waals surface area contributed by atoms with Crippen LogP contribution >= 0.6 is 0 Å². The number of ether oxygens (including phenoxy) is 3. The summed E-state index contributed by atoms with van der Waals surface area (Å²) < 4.78 is 17.2. The molecule has 0 aliphatic carbocycles. The maximum Gasteiger partial charge on any atom is 0.308 e. The van der Waals surface area contributed by atoms with Crippen LogP contribution in [-0.4, -0.2) is 63.3 Å². The van der Waals surface area contributed by atoms with Gasteiger partial charge in [0, 0.05) is 6.54 Å². The molecule has 0 aromatic carbocycles. The fourth-order valence-electron chi connectivity index (χ4n) is 7.01. The fourth-order valence-corrected chi connectivity index (χ4v) is 7.01. The lowest BCUT2D eigenvalue weighted by atomic mass is 9.79. The Balaban J connectivity index is 2.98. The summed E-state index contributed by atoms with van der Waals surface area (Å²) in [6.07, 6.45) is 23.7. The quantitative estimate of drug-likeness (QED) is 0.0813. The third-order valence-corrected chi connectivity index (χ3v) is 10.1. The fraction of sp³-hybridized carbons (Fsp3) is 0.818. The Labute approximate surface area is 312 Å². The van der Waals surface area contributed by atoms with Crippen LogP contribution < -0.4 is 0 Å². The molecule has 2 unspecified atom stereocenters. The van der Waals surface area contributed by atoms with Crippen LogP contribution in [0.25, 0.3) is 0 Å². The lowest BCUT2D eigenvalue weighted by Crippen LogP contribution is -2.22. The van der Waals surface area contributed by atoms with Crippen LogP contribution in [0.15, 0.2) is 29.3 Å². The molecule has 2 atom stereocenters. The van der Waals surface area contributed by atoms with E-state index >= 15 is 0 Å². The molecule has 1 fully saturated rings. The highest BCUT2D eigenvalue weighted by Crippen LogP contribution is 2.33. The number of cyclic esters (lactones) is 2. The molecule has 0 bridgehead atoms. The van der Waals surface area contributed by atoms with Gasteiger partial charge in [0.2, 0.25) is 0 Å². The second-order valence-corrected chi connectivity index (χ2v) is 15.0. The zero-order valence-corrected chi connectivity index (χ0v) is 33.3. The van der Waals surface area contributed by atoms with Crippen molar-refractivity contribution < 1.29 is 28.6 Å². The summed E-state index contributed by atoms with van der Waals surface area (Å²) in [7, 11) is 4.07. The van der Waals surface area contributed by atoms with Crippen molar-refractivity contribution in [3.8, 4) is 0 Å². The standard InChI is InChI=1S/C44H75NO6/c1-6-9-20-29-39-36-42(46)49-33-24-18-14-12-16-22-27-38(44(48)51-35-26-32-45(4)5)28-23-17-13-15-19-25-34-50-43(47)37-40(30-21-10-7-2)41(39)31-11-8-3/h38-40H,3,6-7,9-10,12-30,32-37H2,1-2,4-5H3. The molecule has 0 amide bonds. The molecule has 1 aliphatic heterocycles. The van der Waals surface area contributed by atoms with Gasteiger partial charge in [0.1, 0.15) is 0 Å². The van der Waals surface area contributed by atoms with Crippen LogP contribution in [0.5, 0.6) is 0 Å². The molecule has 0 aromatic rings. The smallest absolute Gasteiger partial charge is 0.308 e. The molecule has 1 saturated heterocycles. The molecule has 1 aliphatic rings. The minimum atomic E-state index is -0.186. The highest BCUT2D eigenvalue weighted by atomic mass is 16.5. The first-order chi connectivity index (χ1) is 24.8. The van der Waals surface area contributed by atoms with Gasteiger partial charge in [-0.3, -0.25) is 14.4 Å². The molecule has 0 radical (unpaired) electrons. The lowest BCUT2D eigenvalue weighted by Gasteiger charge is -2.25. The van der Waals surface area contributed by atoms with Gasteiger partial charge in [-0.15, -0.1) is 0 Å².